The monoisotopic (exact) mass is 278 g/mol. The van der Waals surface area contributed by atoms with Crippen LogP contribution in [0.2, 0.25) is 0 Å². The predicted octanol–water partition coefficient (Wildman–Crippen LogP) is 1.68. The lowest BCUT2D eigenvalue weighted by Gasteiger charge is -2.14. The number of benzene rings is 1. The molecule has 104 valence electrons. The number of hydrogen-bond donors (Lipinski definition) is 2. The largest absolute Gasteiger partial charge is 0.479 e. The van der Waals surface area contributed by atoms with Crippen LogP contribution in [-0.2, 0) is 4.79 Å². The lowest BCUT2D eigenvalue weighted by atomic mass is 10.1. The molecule has 1 amide bonds. The van der Waals surface area contributed by atoms with Crippen molar-refractivity contribution in [3.05, 3.63) is 53.2 Å². The minimum absolute atomic E-state index is 0.0647. The Morgan fingerprint density at radius 1 is 1.40 bits per heavy atom. The molecule has 1 unspecified atom stereocenters. The standard InChI is InChI=1S/C13H11FN2O4/c1-7-6-10(16-20-7)12(17)15-11(13(18)19)8-4-2-3-5-9(8)14/h2-6,11H,1H3,(H,15,17)(H,18,19). The predicted molar refractivity (Wildman–Crippen MR) is 65.5 cm³/mol. The number of nitrogens with one attached hydrogen (secondary N) is 1. The van der Waals surface area contributed by atoms with Crippen molar-refractivity contribution in [1.82, 2.24) is 10.5 Å². The number of aryl methyl sites for hydroxylation is 1. The van der Waals surface area contributed by atoms with Crippen LogP contribution in [0, 0.1) is 12.7 Å². The molecule has 1 aromatic heterocycles. The Balaban J connectivity index is 2.25. The number of carboxylic acids is 1. The van der Waals surface area contributed by atoms with E-state index < -0.39 is 23.7 Å². The van der Waals surface area contributed by atoms with Gasteiger partial charge in [0.15, 0.2) is 11.7 Å². The van der Waals surface area contributed by atoms with Crippen molar-refractivity contribution in [3.63, 3.8) is 0 Å². The van der Waals surface area contributed by atoms with E-state index in [0.717, 1.165) is 6.07 Å². The van der Waals surface area contributed by atoms with Gasteiger partial charge in [-0.05, 0) is 13.0 Å². The van der Waals surface area contributed by atoms with Crippen molar-refractivity contribution in [2.45, 2.75) is 13.0 Å². The lowest BCUT2D eigenvalue weighted by molar-refractivity contribution is -0.139. The zero-order chi connectivity index (χ0) is 14.7. The summed E-state index contributed by atoms with van der Waals surface area (Å²) < 4.78 is 18.3. The molecule has 1 heterocycles. The molecule has 0 saturated carbocycles. The van der Waals surface area contributed by atoms with Crippen molar-refractivity contribution in [1.29, 1.82) is 0 Å². The number of rotatable bonds is 4. The van der Waals surface area contributed by atoms with Crippen LogP contribution in [0.4, 0.5) is 4.39 Å². The molecule has 2 N–H and O–H groups in total. The number of aromatic nitrogens is 1. The number of carboxylic acid groups (broad SMARTS) is 1. The van der Waals surface area contributed by atoms with E-state index in [9.17, 15) is 14.0 Å². The van der Waals surface area contributed by atoms with Gasteiger partial charge in [0.2, 0.25) is 0 Å². The molecule has 1 atom stereocenters. The van der Waals surface area contributed by atoms with E-state index in [1.165, 1.54) is 24.3 Å². The zero-order valence-corrected chi connectivity index (χ0v) is 10.5. The van der Waals surface area contributed by atoms with Crippen LogP contribution in [0.25, 0.3) is 0 Å². The molecule has 0 aliphatic heterocycles. The maximum atomic E-state index is 13.6. The number of nitrogens with zero attached hydrogens (tertiary/aromatic N) is 1. The van der Waals surface area contributed by atoms with Crippen LogP contribution in [-0.4, -0.2) is 22.1 Å². The molecule has 1 aromatic carbocycles. The summed E-state index contributed by atoms with van der Waals surface area (Å²) in [6.45, 7) is 1.59. The maximum Gasteiger partial charge on any atom is 0.331 e. The van der Waals surface area contributed by atoms with Crippen LogP contribution >= 0.6 is 0 Å². The molecule has 0 spiro atoms. The van der Waals surface area contributed by atoms with Gasteiger partial charge in [-0.15, -0.1) is 0 Å². The van der Waals surface area contributed by atoms with E-state index in [1.807, 2.05) is 0 Å². The topological polar surface area (TPSA) is 92.4 Å². The smallest absolute Gasteiger partial charge is 0.331 e. The average Bonchev–Trinajstić information content (AvgIpc) is 2.83. The molecule has 6 nitrogen and oxygen atoms in total. The fourth-order valence-electron chi connectivity index (χ4n) is 1.66. The molecular formula is C13H11FN2O4. The Kier molecular flexibility index (Phi) is 3.79. The highest BCUT2D eigenvalue weighted by atomic mass is 19.1. The van der Waals surface area contributed by atoms with E-state index in [1.54, 1.807) is 6.92 Å². The second kappa shape index (κ2) is 5.52. The van der Waals surface area contributed by atoms with Gasteiger partial charge in [0, 0.05) is 11.6 Å². The summed E-state index contributed by atoms with van der Waals surface area (Å²) in [4.78, 5) is 23.0. The van der Waals surface area contributed by atoms with E-state index in [0.29, 0.717) is 5.76 Å². The Morgan fingerprint density at radius 3 is 2.65 bits per heavy atom. The first-order valence-corrected chi connectivity index (χ1v) is 5.70. The summed E-state index contributed by atoms with van der Waals surface area (Å²) >= 11 is 0. The quantitative estimate of drug-likeness (QED) is 0.887. The van der Waals surface area contributed by atoms with Crippen LogP contribution in [0.1, 0.15) is 27.9 Å². The van der Waals surface area contributed by atoms with Crippen molar-refractivity contribution in [2.24, 2.45) is 0 Å². The Labute approximate surface area is 113 Å². The van der Waals surface area contributed by atoms with Crippen LogP contribution in [0.5, 0.6) is 0 Å². The minimum atomic E-state index is -1.50. The van der Waals surface area contributed by atoms with Crippen LogP contribution < -0.4 is 5.32 Å². The average molecular weight is 278 g/mol. The third-order valence-electron chi connectivity index (χ3n) is 2.60. The first kappa shape index (κ1) is 13.7. The van der Waals surface area contributed by atoms with Crippen molar-refractivity contribution in [2.75, 3.05) is 0 Å². The SMILES string of the molecule is Cc1cc(C(=O)NC(C(=O)O)c2ccccc2F)no1. The highest BCUT2D eigenvalue weighted by molar-refractivity contribution is 5.95. The van der Waals surface area contributed by atoms with E-state index in [4.69, 9.17) is 9.63 Å². The second-order valence-corrected chi connectivity index (χ2v) is 4.09. The Hall–Kier alpha value is -2.70. The van der Waals surface area contributed by atoms with Gasteiger partial charge in [0.05, 0.1) is 0 Å². The molecule has 2 rings (SSSR count). The van der Waals surface area contributed by atoms with E-state index in [2.05, 4.69) is 10.5 Å². The Bertz CT molecular complexity index is 653. The molecule has 7 heteroatoms. The fraction of sp³-hybridized carbons (Fsp3) is 0.154. The third-order valence-corrected chi connectivity index (χ3v) is 2.60. The molecule has 0 saturated heterocycles. The first-order chi connectivity index (χ1) is 9.49. The lowest BCUT2D eigenvalue weighted by Crippen LogP contribution is -2.34. The van der Waals surface area contributed by atoms with Crippen molar-refractivity contribution < 1.29 is 23.6 Å². The fourth-order valence-corrected chi connectivity index (χ4v) is 1.66. The summed E-state index contributed by atoms with van der Waals surface area (Å²) in [6.07, 6.45) is 0. The van der Waals surface area contributed by atoms with Gasteiger partial charge in [0.1, 0.15) is 11.6 Å². The van der Waals surface area contributed by atoms with Crippen LogP contribution in [0.3, 0.4) is 0 Å². The highest BCUT2D eigenvalue weighted by Gasteiger charge is 2.26. The molecular weight excluding hydrogens is 267 g/mol. The van der Waals surface area contributed by atoms with E-state index >= 15 is 0 Å². The van der Waals surface area contributed by atoms with Crippen LogP contribution in [0.15, 0.2) is 34.9 Å². The normalized spacial score (nSPS) is 11.9. The number of carbonyl (C=O) groups excluding carboxylic acids is 1. The Morgan fingerprint density at radius 2 is 2.10 bits per heavy atom. The number of carbonyl (C=O) groups is 2. The summed E-state index contributed by atoms with van der Waals surface area (Å²) in [7, 11) is 0. The molecule has 0 bridgehead atoms. The molecule has 0 radical (unpaired) electrons. The number of hydrogen-bond acceptors (Lipinski definition) is 4. The molecule has 0 aliphatic rings. The van der Waals surface area contributed by atoms with Gasteiger partial charge in [-0.3, -0.25) is 4.79 Å². The van der Waals surface area contributed by atoms with Gasteiger partial charge >= 0.3 is 5.97 Å². The summed E-state index contributed by atoms with van der Waals surface area (Å²) in [6, 6.07) is 5.19. The number of amides is 1. The van der Waals surface area contributed by atoms with Crippen molar-refractivity contribution in [3.8, 4) is 0 Å². The molecule has 2 aromatic rings. The van der Waals surface area contributed by atoms with Gasteiger partial charge in [-0.2, -0.15) is 0 Å². The van der Waals surface area contributed by atoms with Gasteiger partial charge in [0.25, 0.3) is 5.91 Å². The molecule has 20 heavy (non-hydrogen) atoms. The number of aliphatic carboxylic acids is 1. The second-order valence-electron chi connectivity index (χ2n) is 4.09. The van der Waals surface area contributed by atoms with Crippen molar-refractivity contribution >= 4 is 11.9 Å². The highest BCUT2D eigenvalue weighted by Crippen LogP contribution is 2.17. The molecule has 0 aliphatic carbocycles. The van der Waals surface area contributed by atoms with Gasteiger partial charge in [-0.1, -0.05) is 23.4 Å². The zero-order valence-electron chi connectivity index (χ0n) is 10.5. The first-order valence-electron chi connectivity index (χ1n) is 5.70. The molecule has 0 fully saturated rings. The maximum absolute atomic E-state index is 13.6. The van der Waals surface area contributed by atoms with E-state index in [-0.39, 0.29) is 11.3 Å². The van der Waals surface area contributed by atoms with Gasteiger partial charge in [-0.25, -0.2) is 9.18 Å². The number of halogens is 1. The summed E-state index contributed by atoms with van der Waals surface area (Å²) in [5.41, 5.74) is -0.196. The third kappa shape index (κ3) is 2.82. The van der Waals surface area contributed by atoms with Gasteiger partial charge < -0.3 is 14.9 Å². The summed E-state index contributed by atoms with van der Waals surface area (Å²) in [5, 5.41) is 14.8. The summed E-state index contributed by atoms with van der Waals surface area (Å²) in [5.74, 6) is -2.43. The minimum Gasteiger partial charge on any atom is -0.479 e.